The summed E-state index contributed by atoms with van der Waals surface area (Å²) in [5, 5.41) is 12.8. The minimum atomic E-state index is -4.54. The van der Waals surface area contributed by atoms with E-state index < -0.39 is 35.6 Å². The molecule has 6 aromatic heterocycles. The number of hydrogen-bond acceptors (Lipinski definition) is 9. The Bertz CT molecular complexity index is 2420. The van der Waals surface area contributed by atoms with Crippen molar-refractivity contribution in [3.8, 4) is 11.6 Å². The van der Waals surface area contributed by atoms with Gasteiger partial charge in [0.05, 0.1) is 50.6 Å². The maximum absolute atomic E-state index is 13.0. The maximum atomic E-state index is 13.0. The molecule has 2 amide bonds. The quantitative estimate of drug-likeness (QED) is 0.143. The van der Waals surface area contributed by atoms with Crippen molar-refractivity contribution in [3.63, 3.8) is 0 Å². The molecule has 0 aromatic carbocycles. The second-order valence-corrected chi connectivity index (χ2v) is 13.8. The maximum Gasteiger partial charge on any atom is 0.435 e. The van der Waals surface area contributed by atoms with Crippen molar-refractivity contribution in [2.75, 3.05) is 10.6 Å². The summed E-state index contributed by atoms with van der Waals surface area (Å²) in [6, 6.07) is 8.20. The van der Waals surface area contributed by atoms with Crippen LogP contribution in [0, 0.1) is 6.92 Å². The number of carbonyl (C=O) groups excluding carboxylic acids is 2. The molecule has 0 bridgehead atoms. The van der Waals surface area contributed by atoms with Gasteiger partial charge in [-0.15, -0.1) is 0 Å². The van der Waals surface area contributed by atoms with Crippen LogP contribution in [0.2, 0.25) is 10.0 Å². The number of rotatable bonds is 8. The van der Waals surface area contributed by atoms with Gasteiger partial charge in [0.1, 0.15) is 6.33 Å². The van der Waals surface area contributed by atoms with E-state index in [-0.39, 0.29) is 39.1 Å². The molecule has 0 aliphatic heterocycles. The van der Waals surface area contributed by atoms with Gasteiger partial charge in [0, 0.05) is 41.8 Å². The summed E-state index contributed by atoms with van der Waals surface area (Å²) < 4.78 is 80.6. The topological polar surface area (TPSA) is 158 Å². The van der Waals surface area contributed by atoms with E-state index in [0.717, 1.165) is 37.8 Å². The molecule has 6 aromatic rings. The zero-order chi connectivity index (χ0) is 40.6. The highest BCUT2D eigenvalue weighted by molar-refractivity contribution is 6.40. The number of carbonyl (C=O) groups is 2. The summed E-state index contributed by atoms with van der Waals surface area (Å²) in [5.74, 6) is -0.379. The van der Waals surface area contributed by atoms with Crippen molar-refractivity contribution in [1.29, 1.82) is 0 Å². The van der Waals surface area contributed by atoms with Crippen molar-refractivity contribution >= 4 is 46.4 Å². The molecular weight excluding hydrogens is 803 g/mol. The normalized spacial score (nSPS) is 14.1. The number of alkyl halides is 6. The minimum absolute atomic E-state index is 0.0377. The van der Waals surface area contributed by atoms with Crippen LogP contribution in [0.25, 0.3) is 11.6 Å². The molecule has 0 saturated heterocycles. The van der Waals surface area contributed by atoms with E-state index >= 15 is 0 Å². The molecule has 13 nitrogen and oxygen atoms in total. The van der Waals surface area contributed by atoms with Gasteiger partial charge in [-0.2, -0.15) is 36.5 Å². The number of aryl methyl sites for hydroxylation is 1. The van der Waals surface area contributed by atoms with Crippen LogP contribution in [0.5, 0.6) is 0 Å². The van der Waals surface area contributed by atoms with Gasteiger partial charge in [0.2, 0.25) is 0 Å². The van der Waals surface area contributed by atoms with Gasteiger partial charge in [0.15, 0.2) is 23.0 Å². The third-order valence-electron chi connectivity index (χ3n) is 8.73. The summed E-state index contributed by atoms with van der Waals surface area (Å²) in [4.78, 5) is 44.6. The molecule has 294 valence electrons. The van der Waals surface area contributed by atoms with Crippen LogP contribution in [-0.4, -0.2) is 56.3 Å². The summed E-state index contributed by atoms with van der Waals surface area (Å²) in [6.45, 7) is 1.69. The van der Waals surface area contributed by atoms with Crippen LogP contribution in [0.4, 0.5) is 37.7 Å². The van der Waals surface area contributed by atoms with Gasteiger partial charge in [-0.25, -0.2) is 29.3 Å². The largest absolute Gasteiger partial charge is 0.435 e. The van der Waals surface area contributed by atoms with Crippen molar-refractivity contribution in [2.45, 2.75) is 56.8 Å². The highest BCUT2D eigenvalue weighted by Gasteiger charge is 2.39. The molecule has 21 heteroatoms. The highest BCUT2D eigenvalue weighted by atomic mass is 35.5. The SMILES string of the molecule is Cc1ncncc1C(=O)Nc1ccc(-n2nc(C(F)(F)F)cc2C2CC2)nc1.O=C(Nc1ccc(-n2nc(C(F)(F)F)cc2C2CC2)nc1)c1c(Cl)cncc1Cl. The number of hydrogen-bond donors (Lipinski definition) is 2. The third kappa shape index (κ3) is 9.04. The lowest BCUT2D eigenvalue weighted by Gasteiger charge is -2.09. The first-order chi connectivity index (χ1) is 27.1. The van der Waals surface area contributed by atoms with Gasteiger partial charge in [0.25, 0.3) is 11.8 Å². The van der Waals surface area contributed by atoms with Crippen LogP contribution >= 0.6 is 23.2 Å². The molecule has 6 heterocycles. The molecule has 2 aliphatic carbocycles. The average molecular weight is 831 g/mol. The second kappa shape index (κ2) is 15.5. The zero-order valence-corrected chi connectivity index (χ0v) is 30.8. The Labute approximate surface area is 328 Å². The van der Waals surface area contributed by atoms with E-state index in [9.17, 15) is 35.9 Å². The van der Waals surface area contributed by atoms with Gasteiger partial charge in [-0.1, -0.05) is 23.2 Å². The molecule has 2 saturated carbocycles. The molecule has 0 radical (unpaired) electrons. The van der Waals surface area contributed by atoms with E-state index in [1.165, 1.54) is 64.9 Å². The van der Waals surface area contributed by atoms with E-state index in [2.05, 4.69) is 45.8 Å². The average Bonchev–Trinajstić information content (AvgIpc) is 4.10. The molecule has 2 fully saturated rings. The lowest BCUT2D eigenvalue weighted by atomic mass is 10.2. The first-order valence-corrected chi connectivity index (χ1v) is 17.8. The fraction of sp³-hybridized carbons (Fsp3) is 0.250. The Morgan fingerprint density at radius 3 is 1.54 bits per heavy atom. The summed E-state index contributed by atoms with van der Waals surface area (Å²) in [7, 11) is 0. The van der Waals surface area contributed by atoms with Gasteiger partial charge in [-0.3, -0.25) is 14.6 Å². The van der Waals surface area contributed by atoms with Crippen LogP contribution in [0.1, 0.15) is 86.7 Å². The predicted molar refractivity (Wildman–Crippen MR) is 194 cm³/mol. The first-order valence-electron chi connectivity index (χ1n) is 17.0. The van der Waals surface area contributed by atoms with Crippen LogP contribution in [0.3, 0.4) is 0 Å². The monoisotopic (exact) mass is 829 g/mol. The Morgan fingerprint density at radius 1 is 0.667 bits per heavy atom. The number of amides is 2. The van der Waals surface area contributed by atoms with E-state index in [0.29, 0.717) is 34.0 Å². The smallest absolute Gasteiger partial charge is 0.320 e. The lowest BCUT2D eigenvalue weighted by molar-refractivity contribution is -0.142. The summed E-state index contributed by atoms with van der Waals surface area (Å²) in [6.07, 6.45) is 2.26. The molecule has 0 spiro atoms. The Hall–Kier alpha value is -5.95. The Balaban J connectivity index is 0.000000174. The number of nitrogens with zero attached hydrogens (tertiary/aromatic N) is 9. The van der Waals surface area contributed by atoms with Crippen molar-refractivity contribution < 1.29 is 35.9 Å². The van der Waals surface area contributed by atoms with Crippen molar-refractivity contribution in [1.82, 2.24) is 44.5 Å². The Morgan fingerprint density at radius 2 is 1.14 bits per heavy atom. The summed E-state index contributed by atoms with van der Waals surface area (Å²) >= 11 is 11.9. The lowest BCUT2D eigenvalue weighted by Crippen LogP contribution is -2.15. The van der Waals surface area contributed by atoms with E-state index in [1.807, 2.05) is 0 Å². The number of pyridine rings is 3. The van der Waals surface area contributed by atoms with Crippen LogP contribution in [0.15, 0.2) is 73.7 Å². The molecule has 57 heavy (non-hydrogen) atoms. The van der Waals surface area contributed by atoms with Crippen LogP contribution < -0.4 is 10.6 Å². The summed E-state index contributed by atoms with van der Waals surface area (Å²) in [5.41, 5.74) is 0.698. The second-order valence-electron chi connectivity index (χ2n) is 13.0. The Kier molecular flexibility index (Phi) is 10.7. The zero-order valence-electron chi connectivity index (χ0n) is 29.3. The number of anilines is 2. The number of nitrogens with one attached hydrogen (secondary N) is 2. The van der Waals surface area contributed by atoms with Gasteiger partial charge >= 0.3 is 12.4 Å². The van der Waals surface area contributed by atoms with E-state index in [1.54, 1.807) is 13.0 Å². The standard InChI is InChI=1S/C18H12Cl2F3N5O.C18H15F3N6O/c19-11-7-24-8-12(20)16(11)17(29)26-10-3-4-15(25-6-10)28-13(9-1-2-9)5-14(27-28)18(21,22)23;1-10-13(8-22-9-24-10)17(28)25-12-4-5-16(23-7-12)27-14(11-2-3-11)6-15(26-27)18(19,20)21/h3-9H,1-2H2,(H,26,29);4-9,11H,2-3H2,1H3,(H,25,28). The van der Waals surface area contributed by atoms with Gasteiger partial charge in [-0.05, 0) is 69.0 Å². The number of aromatic nitrogens is 9. The molecular formula is C36H27Cl2F6N11O2. The molecule has 8 rings (SSSR count). The molecule has 2 N–H and O–H groups in total. The van der Waals surface area contributed by atoms with Crippen LogP contribution in [-0.2, 0) is 12.4 Å². The third-order valence-corrected chi connectivity index (χ3v) is 9.30. The van der Waals surface area contributed by atoms with Crippen molar-refractivity contribution in [2.24, 2.45) is 0 Å². The van der Waals surface area contributed by atoms with Gasteiger partial charge < -0.3 is 10.6 Å². The minimum Gasteiger partial charge on any atom is -0.320 e. The first kappa shape index (κ1) is 39.3. The molecule has 2 aliphatic rings. The molecule has 0 unspecified atom stereocenters. The molecule has 0 atom stereocenters. The fourth-order valence-electron chi connectivity index (χ4n) is 5.58. The fourth-order valence-corrected chi connectivity index (χ4v) is 6.12. The predicted octanol–water partition coefficient (Wildman–Crippen LogP) is 8.63. The highest BCUT2D eigenvalue weighted by Crippen LogP contribution is 2.44. The van der Waals surface area contributed by atoms with E-state index in [4.69, 9.17) is 23.2 Å². The number of halogens is 8. The van der Waals surface area contributed by atoms with Crippen molar-refractivity contribution in [3.05, 3.63) is 123 Å².